The molecule has 1 atom stereocenters. The summed E-state index contributed by atoms with van der Waals surface area (Å²) in [5.41, 5.74) is -0.167. The molecule has 0 aromatic carbocycles. The standard InChI is InChI=1S/C17H29N3O3S/c1-6-8-14-11-20(13-17(2,3)12-19(4)5)24(21,22)15-9-7-10-18-16(15)23-14/h7,9-10,14H,6,8,11-13H2,1-5H3. The number of ether oxygens (including phenoxy) is 1. The number of aromatic nitrogens is 1. The minimum atomic E-state index is -3.61. The number of nitrogens with zero attached hydrogens (tertiary/aromatic N) is 3. The smallest absolute Gasteiger partial charge is 0.248 e. The molecule has 1 aromatic heterocycles. The molecular formula is C17H29N3O3S. The third kappa shape index (κ3) is 4.46. The molecule has 0 radical (unpaired) electrons. The summed E-state index contributed by atoms with van der Waals surface area (Å²) >= 11 is 0. The summed E-state index contributed by atoms with van der Waals surface area (Å²) in [7, 11) is 0.390. The molecule has 2 heterocycles. The Labute approximate surface area is 145 Å². The van der Waals surface area contributed by atoms with Crippen LogP contribution in [0.3, 0.4) is 0 Å². The van der Waals surface area contributed by atoms with E-state index in [0.29, 0.717) is 13.1 Å². The van der Waals surface area contributed by atoms with Gasteiger partial charge in [-0.15, -0.1) is 0 Å². The van der Waals surface area contributed by atoms with Crippen molar-refractivity contribution in [2.24, 2.45) is 5.41 Å². The van der Waals surface area contributed by atoms with Gasteiger partial charge in [0.1, 0.15) is 11.0 Å². The van der Waals surface area contributed by atoms with E-state index in [-0.39, 0.29) is 22.3 Å². The van der Waals surface area contributed by atoms with Gasteiger partial charge in [-0.3, -0.25) is 0 Å². The minimum Gasteiger partial charge on any atom is -0.472 e. The maximum absolute atomic E-state index is 13.1. The monoisotopic (exact) mass is 355 g/mol. The van der Waals surface area contributed by atoms with Crippen LogP contribution in [0.5, 0.6) is 5.88 Å². The third-order valence-electron chi connectivity index (χ3n) is 4.00. The lowest BCUT2D eigenvalue weighted by atomic mass is 9.93. The molecule has 0 saturated heterocycles. The molecule has 0 N–H and O–H groups in total. The van der Waals surface area contributed by atoms with E-state index in [4.69, 9.17) is 4.74 Å². The molecule has 0 spiro atoms. The average Bonchev–Trinajstić information content (AvgIpc) is 2.54. The van der Waals surface area contributed by atoms with Crippen LogP contribution in [0.1, 0.15) is 33.6 Å². The second-order valence-electron chi connectivity index (χ2n) is 7.53. The van der Waals surface area contributed by atoms with Crippen LogP contribution < -0.4 is 4.74 Å². The molecule has 0 amide bonds. The predicted molar refractivity (Wildman–Crippen MR) is 94.7 cm³/mol. The van der Waals surface area contributed by atoms with Crippen molar-refractivity contribution < 1.29 is 13.2 Å². The van der Waals surface area contributed by atoms with Gasteiger partial charge in [0.15, 0.2) is 0 Å². The summed E-state index contributed by atoms with van der Waals surface area (Å²) in [4.78, 5) is 6.40. The Morgan fingerprint density at radius 2 is 2.12 bits per heavy atom. The summed E-state index contributed by atoms with van der Waals surface area (Å²) in [5.74, 6) is 0.226. The summed E-state index contributed by atoms with van der Waals surface area (Å²) in [6.07, 6.45) is 3.14. The second-order valence-corrected chi connectivity index (χ2v) is 9.44. The molecule has 0 fully saturated rings. The number of hydrogen-bond donors (Lipinski definition) is 0. The number of rotatable bonds is 6. The molecular weight excluding hydrogens is 326 g/mol. The Kier molecular flexibility index (Phi) is 5.88. The van der Waals surface area contributed by atoms with Gasteiger partial charge in [0.05, 0.1) is 6.54 Å². The highest BCUT2D eigenvalue weighted by Gasteiger charge is 2.38. The summed E-state index contributed by atoms with van der Waals surface area (Å²) in [6, 6.07) is 3.22. The summed E-state index contributed by atoms with van der Waals surface area (Å²) in [6.45, 7) is 7.87. The van der Waals surface area contributed by atoms with Crippen LogP contribution in [0.2, 0.25) is 0 Å². The molecule has 136 valence electrons. The second kappa shape index (κ2) is 7.37. The van der Waals surface area contributed by atoms with Crippen molar-refractivity contribution >= 4 is 10.0 Å². The first-order valence-electron chi connectivity index (χ1n) is 8.42. The lowest BCUT2D eigenvalue weighted by Crippen LogP contribution is -2.45. The fourth-order valence-electron chi connectivity index (χ4n) is 3.33. The number of pyridine rings is 1. The van der Waals surface area contributed by atoms with E-state index in [0.717, 1.165) is 19.4 Å². The largest absolute Gasteiger partial charge is 0.472 e. The lowest BCUT2D eigenvalue weighted by Gasteiger charge is -2.34. The quantitative estimate of drug-likeness (QED) is 0.783. The van der Waals surface area contributed by atoms with Gasteiger partial charge in [-0.1, -0.05) is 27.2 Å². The van der Waals surface area contributed by atoms with Crippen LogP contribution in [0.15, 0.2) is 23.2 Å². The zero-order valence-corrected chi connectivity index (χ0v) is 16.1. The Morgan fingerprint density at radius 3 is 2.75 bits per heavy atom. The fraction of sp³-hybridized carbons (Fsp3) is 0.706. The van der Waals surface area contributed by atoms with Crippen molar-refractivity contribution in [2.75, 3.05) is 33.7 Å². The van der Waals surface area contributed by atoms with Crippen molar-refractivity contribution in [2.45, 2.75) is 44.6 Å². The molecule has 1 aliphatic rings. The van der Waals surface area contributed by atoms with E-state index < -0.39 is 10.0 Å². The molecule has 1 unspecified atom stereocenters. The van der Waals surface area contributed by atoms with E-state index in [1.165, 1.54) is 0 Å². The van der Waals surface area contributed by atoms with Crippen molar-refractivity contribution in [1.82, 2.24) is 14.2 Å². The van der Waals surface area contributed by atoms with E-state index in [9.17, 15) is 8.42 Å². The Morgan fingerprint density at radius 1 is 1.42 bits per heavy atom. The maximum atomic E-state index is 13.1. The first-order valence-corrected chi connectivity index (χ1v) is 9.86. The van der Waals surface area contributed by atoms with Gasteiger partial charge in [-0.2, -0.15) is 4.31 Å². The fourth-order valence-corrected chi connectivity index (χ4v) is 5.06. The van der Waals surface area contributed by atoms with Crippen molar-refractivity contribution in [3.05, 3.63) is 18.3 Å². The predicted octanol–water partition coefficient (Wildman–Crippen LogP) is 2.22. The molecule has 1 aliphatic heterocycles. The van der Waals surface area contributed by atoms with Gasteiger partial charge in [-0.25, -0.2) is 13.4 Å². The van der Waals surface area contributed by atoms with E-state index in [1.807, 2.05) is 14.1 Å². The summed E-state index contributed by atoms with van der Waals surface area (Å²) in [5, 5.41) is 0. The Balaban J connectivity index is 2.38. The van der Waals surface area contributed by atoms with Crippen molar-refractivity contribution in [3.8, 4) is 5.88 Å². The van der Waals surface area contributed by atoms with E-state index >= 15 is 0 Å². The topological polar surface area (TPSA) is 62.7 Å². The SMILES string of the molecule is CCCC1CN(CC(C)(C)CN(C)C)S(=O)(=O)c2cccnc2O1. The first kappa shape index (κ1) is 19.1. The summed E-state index contributed by atoms with van der Waals surface area (Å²) < 4.78 is 33.7. The van der Waals surface area contributed by atoms with Crippen molar-refractivity contribution in [3.63, 3.8) is 0 Å². The number of hydrogen-bond acceptors (Lipinski definition) is 5. The molecule has 24 heavy (non-hydrogen) atoms. The van der Waals surface area contributed by atoms with Crippen LogP contribution in [-0.2, 0) is 10.0 Å². The van der Waals surface area contributed by atoms with Gasteiger partial charge in [0.2, 0.25) is 15.9 Å². The van der Waals surface area contributed by atoms with Crippen LogP contribution in [0.25, 0.3) is 0 Å². The third-order valence-corrected chi connectivity index (χ3v) is 5.82. The molecule has 2 rings (SSSR count). The van der Waals surface area contributed by atoms with Crippen molar-refractivity contribution in [1.29, 1.82) is 0 Å². The first-order chi connectivity index (χ1) is 11.2. The van der Waals surface area contributed by atoms with Gasteiger partial charge >= 0.3 is 0 Å². The molecule has 1 aromatic rings. The zero-order valence-electron chi connectivity index (χ0n) is 15.3. The maximum Gasteiger partial charge on any atom is 0.248 e. The Hall–Kier alpha value is -1.18. The normalized spacial score (nSPS) is 21.2. The van der Waals surface area contributed by atoms with Crippen LogP contribution in [0.4, 0.5) is 0 Å². The highest BCUT2D eigenvalue weighted by Crippen LogP contribution is 2.32. The van der Waals surface area contributed by atoms with E-state index in [2.05, 4.69) is 30.7 Å². The van der Waals surface area contributed by atoms with Gasteiger partial charge in [0.25, 0.3) is 0 Å². The van der Waals surface area contributed by atoms with Gasteiger partial charge < -0.3 is 9.64 Å². The van der Waals surface area contributed by atoms with E-state index in [1.54, 1.807) is 22.6 Å². The highest BCUT2D eigenvalue weighted by molar-refractivity contribution is 7.89. The molecule has 0 bridgehead atoms. The zero-order chi connectivity index (χ0) is 18.0. The van der Waals surface area contributed by atoms with Crippen LogP contribution in [-0.4, -0.2) is 62.4 Å². The van der Waals surface area contributed by atoms with Crippen LogP contribution >= 0.6 is 0 Å². The lowest BCUT2D eigenvalue weighted by molar-refractivity contribution is 0.133. The van der Waals surface area contributed by atoms with Crippen LogP contribution in [0, 0.1) is 5.41 Å². The molecule has 0 saturated carbocycles. The van der Waals surface area contributed by atoms with Gasteiger partial charge in [-0.05, 0) is 38.1 Å². The highest BCUT2D eigenvalue weighted by atomic mass is 32.2. The Bertz CT molecular complexity index is 659. The number of sulfonamides is 1. The average molecular weight is 356 g/mol. The minimum absolute atomic E-state index is 0.167. The molecule has 7 heteroatoms. The number of fused-ring (bicyclic) bond motifs is 1. The molecule has 0 aliphatic carbocycles. The molecule has 6 nitrogen and oxygen atoms in total. The van der Waals surface area contributed by atoms with Gasteiger partial charge in [0, 0.05) is 19.3 Å².